The molecule has 1 rings (SSSR count). The molecule has 12 heavy (non-hydrogen) atoms. The van der Waals surface area contributed by atoms with Gasteiger partial charge in [0, 0.05) is 6.42 Å². The second-order valence-corrected chi connectivity index (χ2v) is 3.62. The average Bonchev–Trinajstić information content (AvgIpc) is 2.30. The lowest BCUT2D eigenvalue weighted by molar-refractivity contribution is 0.375. The van der Waals surface area contributed by atoms with Gasteiger partial charge in [-0.1, -0.05) is 30.6 Å². The second kappa shape index (κ2) is 3.81. The molecule has 0 spiro atoms. The van der Waals surface area contributed by atoms with Gasteiger partial charge in [0.15, 0.2) is 11.6 Å². The van der Waals surface area contributed by atoms with Crippen molar-refractivity contribution in [2.24, 2.45) is 5.92 Å². The third-order valence-electron chi connectivity index (χ3n) is 1.67. The van der Waals surface area contributed by atoms with Gasteiger partial charge in [-0.05, 0) is 12.3 Å². The third kappa shape index (κ3) is 2.14. The van der Waals surface area contributed by atoms with Crippen LogP contribution in [0.3, 0.4) is 0 Å². The Hall–Kier alpha value is -0.700. The summed E-state index contributed by atoms with van der Waals surface area (Å²) in [5, 5.41) is 4.03. The van der Waals surface area contributed by atoms with Crippen LogP contribution in [-0.2, 0) is 6.42 Å². The lowest BCUT2D eigenvalue weighted by atomic mass is 10.1. The van der Waals surface area contributed by atoms with Crippen LogP contribution in [0.4, 0.5) is 5.82 Å². The Morgan fingerprint density at radius 3 is 2.67 bits per heavy atom. The summed E-state index contributed by atoms with van der Waals surface area (Å²) in [6, 6.07) is 0. The van der Waals surface area contributed by atoms with Crippen molar-refractivity contribution in [2.45, 2.75) is 26.7 Å². The maximum absolute atomic E-state index is 5.81. The van der Waals surface area contributed by atoms with Crippen LogP contribution in [0.2, 0.25) is 5.02 Å². The summed E-state index contributed by atoms with van der Waals surface area (Å²) in [6.45, 7) is 4.29. The first-order valence-electron chi connectivity index (χ1n) is 4.00. The Balaban J connectivity index is 2.58. The molecule has 0 fully saturated rings. The molecule has 68 valence electrons. The smallest absolute Gasteiger partial charge is 0.185 e. The predicted molar refractivity (Wildman–Crippen MR) is 49.1 cm³/mol. The van der Waals surface area contributed by atoms with Gasteiger partial charge in [0.1, 0.15) is 5.02 Å². The zero-order chi connectivity index (χ0) is 9.14. The van der Waals surface area contributed by atoms with Crippen molar-refractivity contribution in [3.8, 4) is 0 Å². The van der Waals surface area contributed by atoms with E-state index in [9.17, 15) is 0 Å². The Labute approximate surface area is 76.9 Å². The number of aryl methyl sites for hydroxylation is 1. The summed E-state index contributed by atoms with van der Waals surface area (Å²) in [5.41, 5.74) is 5.41. The summed E-state index contributed by atoms with van der Waals surface area (Å²) in [7, 11) is 0. The van der Waals surface area contributed by atoms with Crippen LogP contribution in [0.25, 0.3) is 0 Å². The van der Waals surface area contributed by atoms with Gasteiger partial charge in [-0.25, -0.2) is 0 Å². The van der Waals surface area contributed by atoms with Crippen molar-refractivity contribution in [1.82, 2.24) is 5.16 Å². The number of aromatic nitrogens is 1. The van der Waals surface area contributed by atoms with Gasteiger partial charge < -0.3 is 10.3 Å². The lowest BCUT2D eigenvalue weighted by Crippen LogP contribution is -1.91. The van der Waals surface area contributed by atoms with Gasteiger partial charge in [-0.15, -0.1) is 0 Å². The average molecular weight is 189 g/mol. The molecule has 0 aliphatic heterocycles. The van der Waals surface area contributed by atoms with E-state index in [1.165, 1.54) is 0 Å². The first-order chi connectivity index (χ1) is 5.61. The lowest BCUT2D eigenvalue weighted by Gasteiger charge is -2.00. The molecule has 0 unspecified atom stereocenters. The van der Waals surface area contributed by atoms with Gasteiger partial charge in [0.25, 0.3) is 0 Å². The molecular formula is C8H13ClN2O. The van der Waals surface area contributed by atoms with Gasteiger partial charge in [0.05, 0.1) is 0 Å². The minimum atomic E-state index is 0.287. The summed E-state index contributed by atoms with van der Waals surface area (Å²) in [6.07, 6.45) is 1.84. The molecule has 0 aromatic carbocycles. The number of hydrogen-bond acceptors (Lipinski definition) is 3. The minimum absolute atomic E-state index is 0.287. The molecule has 0 saturated carbocycles. The molecule has 0 saturated heterocycles. The van der Waals surface area contributed by atoms with Crippen LogP contribution in [0.5, 0.6) is 0 Å². The maximum Gasteiger partial charge on any atom is 0.185 e. The number of nitrogens with two attached hydrogens (primary N) is 1. The molecule has 1 aromatic heterocycles. The summed E-state index contributed by atoms with van der Waals surface area (Å²) >= 11 is 5.81. The quantitative estimate of drug-likeness (QED) is 0.793. The number of nitrogens with zero attached hydrogens (tertiary/aromatic N) is 1. The van der Waals surface area contributed by atoms with E-state index >= 15 is 0 Å². The van der Waals surface area contributed by atoms with Crippen LogP contribution >= 0.6 is 11.6 Å². The SMILES string of the molecule is CC(C)CCc1onc(N)c1Cl. The van der Waals surface area contributed by atoms with E-state index in [0.29, 0.717) is 16.7 Å². The van der Waals surface area contributed by atoms with Crippen LogP contribution in [0.15, 0.2) is 4.52 Å². The number of hydrogen-bond donors (Lipinski definition) is 1. The van der Waals surface area contributed by atoms with Crippen LogP contribution in [0, 0.1) is 5.92 Å². The fourth-order valence-electron chi connectivity index (χ4n) is 0.902. The molecule has 0 bridgehead atoms. The minimum Gasteiger partial charge on any atom is -0.380 e. The van der Waals surface area contributed by atoms with E-state index in [4.69, 9.17) is 21.9 Å². The Kier molecular flexibility index (Phi) is 2.98. The van der Waals surface area contributed by atoms with Gasteiger partial charge in [-0.2, -0.15) is 0 Å². The molecule has 3 nitrogen and oxygen atoms in total. The normalized spacial score (nSPS) is 11.0. The molecule has 0 amide bonds. The van der Waals surface area contributed by atoms with Crippen molar-refractivity contribution in [1.29, 1.82) is 0 Å². The van der Waals surface area contributed by atoms with Gasteiger partial charge >= 0.3 is 0 Å². The van der Waals surface area contributed by atoms with Crippen molar-refractivity contribution < 1.29 is 4.52 Å². The molecule has 0 aliphatic rings. The molecular weight excluding hydrogens is 176 g/mol. The highest BCUT2D eigenvalue weighted by Crippen LogP contribution is 2.24. The number of rotatable bonds is 3. The number of anilines is 1. The van der Waals surface area contributed by atoms with Crippen LogP contribution in [-0.4, -0.2) is 5.16 Å². The largest absolute Gasteiger partial charge is 0.380 e. The molecule has 0 atom stereocenters. The van der Waals surface area contributed by atoms with Gasteiger partial charge in [-0.3, -0.25) is 0 Å². The van der Waals surface area contributed by atoms with E-state index in [1.807, 2.05) is 0 Å². The molecule has 2 N–H and O–H groups in total. The van der Waals surface area contributed by atoms with Crippen LogP contribution < -0.4 is 5.73 Å². The highest BCUT2D eigenvalue weighted by atomic mass is 35.5. The third-order valence-corrected chi connectivity index (χ3v) is 2.08. The Morgan fingerprint density at radius 2 is 2.25 bits per heavy atom. The first-order valence-corrected chi connectivity index (χ1v) is 4.38. The number of halogens is 1. The topological polar surface area (TPSA) is 52.0 Å². The summed E-state index contributed by atoms with van der Waals surface area (Å²) < 4.78 is 4.94. The number of nitrogen functional groups attached to an aromatic ring is 1. The summed E-state index contributed by atoms with van der Waals surface area (Å²) in [5.74, 6) is 1.62. The predicted octanol–water partition coefficient (Wildman–Crippen LogP) is 2.50. The Bertz CT molecular complexity index is 258. The van der Waals surface area contributed by atoms with E-state index in [2.05, 4.69) is 19.0 Å². The second-order valence-electron chi connectivity index (χ2n) is 3.24. The van der Waals surface area contributed by atoms with E-state index in [1.54, 1.807) is 0 Å². The first kappa shape index (κ1) is 9.39. The zero-order valence-corrected chi connectivity index (χ0v) is 8.06. The Morgan fingerprint density at radius 1 is 1.58 bits per heavy atom. The molecule has 0 radical (unpaired) electrons. The monoisotopic (exact) mass is 188 g/mol. The van der Waals surface area contributed by atoms with Crippen molar-refractivity contribution in [2.75, 3.05) is 5.73 Å². The van der Waals surface area contributed by atoms with E-state index in [-0.39, 0.29) is 5.82 Å². The highest BCUT2D eigenvalue weighted by molar-refractivity contribution is 6.33. The fraction of sp³-hybridized carbons (Fsp3) is 0.625. The van der Waals surface area contributed by atoms with Crippen molar-refractivity contribution >= 4 is 17.4 Å². The molecule has 4 heteroatoms. The molecule has 0 aliphatic carbocycles. The maximum atomic E-state index is 5.81. The highest BCUT2D eigenvalue weighted by Gasteiger charge is 2.10. The van der Waals surface area contributed by atoms with E-state index in [0.717, 1.165) is 12.8 Å². The fourth-order valence-corrected chi connectivity index (χ4v) is 1.07. The summed E-state index contributed by atoms with van der Waals surface area (Å²) in [4.78, 5) is 0. The van der Waals surface area contributed by atoms with Gasteiger partial charge in [0.2, 0.25) is 0 Å². The van der Waals surface area contributed by atoms with Crippen LogP contribution in [0.1, 0.15) is 26.0 Å². The zero-order valence-electron chi connectivity index (χ0n) is 7.30. The molecule has 1 heterocycles. The van der Waals surface area contributed by atoms with E-state index < -0.39 is 0 Å². The standard InChI is InChI=1S/C8H13ClN2O/c1-5(2)3-4-6-7(9)8(10)11-12-6/h5H,3-4H2,1-2H3,(H2,10,11). The van der Waals surface area contributed by atoms with Crippen molar-refractivity contribution in [3.63, 3.8) is 0 Å². The van der Waals surface area contributed by atoms with Crippen molar-refractivity contribution in [3.05, 3.63) is 10.8 Å². The molecule has 1 aromatic rings.